The van der Waals surface area contributed by atoms with Gasteiger partial charge in [0.1, 0.15) is 17.1 Å². The second-order valence-electron chi connectivity index (χ2n) is 6.08. The molecule has 0 atom stereocenters. The molecule has 0 unspecified atom stereocenters. The van der Waals surface area contributed by atoms with E-state index < -0.39 is 18.5 Å². The second kappa shape index (κ2) is 9.41. The van der Waals surface area contributed by atoms with Crippen LogP contribution in [0.1, 0.15) is 21.5 Å². The second-order valence-corrected chi connectivity index (χ2v) is 6.08. The zero-order valence-corrected chi connectivity index (χ0v) is 15.6. The maximum absolute atomic E-state index is 13.5. The highest BCUT2D eigenvalue weighted by Crippen LogP contribution is 2.22. The van der Waals surface area contributed by atoms with Crippen molar-refractivity contribution in [2.75, 3.05) is 6.61 Å². The van der Waals surface area contributed by atoms with E-state index in [1.54, 1.807) is 43.5 Å². The number of hydrogen-bond acceptors (Lipinski definition) is 6. The molecule has 2 heterocycles. The summed E-state index contributed by atoms with van der Waals surface area (Å²) in [6.07, 6.45) is 4.53. The van der Waals surface area contributed by atoms with Gasteiger partial charge in [0.15, 0.2) is 6.61 Å². The van der Waals surface area contributed by atoms with Gasteiger partial charge in [0.05, 0.1) is 6.20 Å². The molecule has 2 aromatic heterocycles. The molecule has 0 aliphatic carbocycles. The molecule has 0 saturated carbocycles. The average molecular weight is 395 g/mol. The summed E-state index contributed by atoms with van der Waals surface area (Å²) in [5.74, 6) is -1.17. The highest BCUT2D eigenvalue weighted by molar-refractivity contribution is 5.93. The SMILES string of the molecule is Cc1ccc(CNC(=O)COC(=O)c2cccnc2Oc2cccnc2)cc1F. The maximum atomic E-state index is 13.5. The molecule has 0 saturated heterocycles. The first-order valence-corrected chi connectivity index (χ1v) is 8.74. The Morgan fingerprint density at radius 1 is 1.14 bits per heavy atom. The van der Waals surface area contributed by atoms with E-state index in [0.29, 0.717) is 16.9 Å². The van der Waals surface area contributed by atoms with E-state index in [1.807, 2.05) is 0 Å². The minimum atomic E-state index is -0.756. The van der Waals surface area contributed by atoms with Crippen LogP contribution in [0.15, 0.2) is 61.1 Å². The molecule has 148 valence electrons. The summed E-state index contributed by atoms with van der Waals surface area (Å²) in [7, 11) is 0. The molecule has 0 aliphatic heterocycles. The van der Waals surface area contributed by atoms with Crippen LogP contribution >= 0.6 is 0 Å². The number of rotatable bonds is 7. The highest BCUT2D eigenvalue weighted by Gasteiger charge is 2.17. The van der Waals surface area contributed by atoms with Crippen molar-refractivity contribution < 1.29 is 23.5 Å². The number of benzene rings is 1. The third kappa shape index (κ3) is 5.58. The molecule has 0 spiro atoms. The largest absolute Gasteiger partial charge is 0.452 e. The molecule has 1 N–H and O–H groups in total. The molecular weight excluding hydrogens is 377 g/mol. The fourth-order valence-corrected chi connectivity index (χ4v) is 2.35. The summed E-state index contributed by atoms with van der Waals surface area (Å²) in [5.41, 5.74) is 1.20. The number of carbonyl (C=O) groups excluding carboxylic acids is 2. The summed E-state index contributed by atoms with van der Waals surface area (Å²) in [4.78, 5) is 32.2. The molecule has 1 amide bonds. The van der Waals surface area contributed by atoms with Gasteiger partial charge in [0.25, 0.3) is 5.91 Å². The van der Waals surface area contributed by atoms with Crippen LogP contribution in [0.3, 0.4) is 0 Å². The maximum Gasteiger partial charge on any atom is 0.344 e. The van der Waals surface area contributed by atoms with Crippen LogP contribution in [0.4, 0.5) is 4.39 Å². The van der Waals surface area contributed by atoms with Crippen LogP contribution in [0.25, 0.3) is 0 Å². The fourth-order valence-electron chi connectivity index (χ4n) is 2.35. The molecule has 7 nitrogen and oxygen atoms in total. The molecule has 0 fully saturated rings. The number of halogens is 1. The van der Waals surface area contributed by atoms with E-state index in [4.69, 9.17) is 9.47 Å². The summed E-state index contributed by atoms with van der Waals surface area (Å²) in [6, 6.07) is 11.1. The Kier molecular flexibility index (Phi) is 6.47. The van der Waals surface area contributed by atoms with Gasteiger partial charge < -0.3 is 14.8 Å². The van der Waals surface area contributed by atoms with Crippen LogP contribution in [0.5, 0.6) is 11.6 Å². The highest BCUT2D eigenvalue weighted by atomic mass is 19.1. The number of aromatic nitrogens is 2. The lowest BCUT2D eigenvalue weighted by Crippen LogP contribution is -2.28. The zero-order chi connectivity index (χ0) is 20.6. The van der Waals surface area contributed by atoms with Gasteiger partial charge in [-0.25, -0.2) is 14.2 Å². The van der Waals surface area contributed by atoms with Crippen molar-refractivity contribution in [1.29, 1.82) is 0 Å². The van der Waals surface area contributed by atoms with Crippen molar-refractivity contribution in [1.82, 2.24) is 15.3 Å². The molecule has 3 aromatic rings. The zero-order valence-electron chi connectivity index (χ0n) is 15.6. The van der Waals surface area contributed by atoms with E-state index in [1.165, 1.54) is 24.5 Å². The monoisotopic (exact) mass is 395 g/mol. The first-order valence-electron chi connectivity index (χ1n) is 8.74. The summed E-state index contributed by atoms with van der Waals surface area (Å²) in [5, 5.41) is 2.57. The summed E-state index contributed by atoms with van der Waals surface area (Å²) >= 11 is 0. The number of nitrogens with zero attached hydrogens (tertiary/aromatic N) is 2. The molecule has 3 rings (SSSR count). The van der Waals surface area contributed by atoms with Crippen LogP contribution < -0.4 is 10.1 Å². The van der Waals surface area contributed by atoms with Crippen LogP contribution in [-0.2, 0) is 16.1 Å². The smallest absolute Gasteiger partial charge is 0.344 e. The van der Waals surface area contributed by atoms with Gasteiger partial charge in [-0.1, -0.05) is 12.1 Å². The number of nitrogens with one attached hydrogen (secondary N) is 1. The summed E-state index contributed by atoms with van der Waals surface area (Å²) < 4.78 is 24.1. The van der Waals surface area contributed by atoms with Gasteiger partial charge in [-0.15, -0.1) is 0 Å². The molecule has 0 bridgehead atoms. The Hall–Kier alpha value is -3.81. The molecule has 0 radical (unpaired) electrons. The van der Waals surface area contributed by atoms with Crippen molar-refractivity contribution >= 4 is 11.9 Å². The van der Waals surface area contributed by atoms with Crippen molar-refractivity contribution in [2.45, 2.75) is 13.5 Å². The van der Waals surface area contributed by atoms with Crippen molar-refractivity contribution in [3.8, 4) is 11.6 Å². The number of ether oxygens (including phenoxy) is 2. The van der Waals surface area contributed by atoms with Crippen molar-refractivity contribution in [2.24, 2.45) is 0 Å². The predicted octanol–water partition coefficient (Wildman–Crippen LogP) is 3.19. The van der Waals surface area contributed by atoms with Gasteiger partial charge >= 0.3 is 5.97 Å². The Labute approximate surface area is 166 Å². The van der Waals surface area contributed by atoms with Gasteiger partial charge in [-0.2, -0.15) is 0 Å². The van der Waals surface area contributed by atoms with Gasteiger partial charge in [0, 0.05) is 18.9 Å². The van der Waals surface area contributed by atoms with E-state index >= 15 is 0 Å². The number of aryl methyl sites for hydroxylation is 1. The van der Waals surface area contributed by atoms with E-state index in [2.05, 4.69) is 15.3 Å². The molecule has 8 heteroatoms. The summed E-state index contributed by atoms with van der Waals surface area (Å²) in [6.45, 7) is 1.28. The number of esters is 1. The standard InChI is InChI=1S/C21H18FN3O4/c1-14-6-7-15(10-18(14)22)11-25-19(26)13-28-21(27)17-5-3-9-24-20(17)29-16-4-2-8-23-12-16/h2-10,12H,11,13H2,1H3,(H,25,26). The molecule has 0 aliphatic rings. The average Bonchev–Trinajstić information content (AvgIpc) is 2.74. The predicted molar refractivity (Wildman–Crippen MR) is 102 cm³/mol. The first-order chi connectivity index (χ1) is 14.0. The lowest BCUT2D eigenvalue weighted by atomic mass is 10.1. The topological polar surface area (TPSA) is 90.4 Å². The van der Waals surface area contributed by atoms with Gasteiger partial charge in [-0.05, 0) is 48.4 Å². The van der Waals surface area contributed by atoms with Crippen molar-refractivity contribution in [3.05, 3.63) is 83.6 Å². The Morgan fingerprint density at radius 3 is 2.72 bits per heavy atom. The minimum absolute atomic E-state index is 0.0426. The number of carbonyl (C=O) groups is 2. The quantitative estimate of drug-likeness (QED) is 0.618. The van der Waals surface area contributed by atoms with E-state index in [0.717, 1.165) is 0 Å². The Balaban J connectivity index is 1.55. The number of amides is 1. The Bertz CT molecular complexity index is 1010. The van der Waals surface area contributed by atoms with Crippen LogP contribution in [0, 0.1) is 12.7 Å². The van der Waals surface area contributed by atoms with E-state index in [9.17, 15) is 14.0 Å². The van der Waals surface area contributed by atoms with Crippen molar-refractivity contribution in [3.63, 3.8) is 0 Å². The fraction of sp³-hybridized carbons (Fsp3) is 0.143. The minimum Gasteiger partial charge on any atom is -0.452 e. The van der Waals surface area contributed by atoms with Gasteiger partial charge in [-0.3, -0.25) is 9.78 Å². The third-order valence-electron chi connectivity index (χ3n) is 3.90. The lowest BCUT2D eigenvalue weighted by Gasteiger charge is -2.10. The van der Waals surface area contributed by atoms with Crippen LogP contribution in [0.2, 0.25) is 0 Å². The third-order valence-corrected chi connectivity index (χ3v) is 3.90. The van der Waals surface area contributed by atoms with Gasteiger partial charge in [0.2, 0.25) is 5.88 Å². The molecule has 29 heavy (non-hydrogen) atoms. The normalized spacial score (nSPS) is 10.3. The van der Waals surface area contributed by atoms with Crippen LogP contribution in [-0.4, -0.2) is 28.5 Å². The lowest BCUT2D eigenvalue weighted by molar-refractivity contribution is -0.124. The molecular formula is C21H18FN3O4. The molecule has 1 aromatic carbocycles. The van der Waals surface area contributed by atoms with E-state index in [-0.39, 0.29) is 23.8 Å². The Morgan fingerprint density at radius 2 is 1.97 bits per heavy atom. The number of hydrogen-bond donors (Lipinski definition) is 1. The first kappa shape index (κ1) is 19.9. The number of pyridine rings is 2.